The van der Waals surface area contributed by atoms with Crippen LogP contribution in [0.15, 0.2) is 85.1 Å². The number of carboxylic acid groups (broad SMARTS) is 1. The lowest BCUT2D eigenvalue weighted by molar-refractivity contribution is -0.139. The summed E-state index contributed by atoms with van der Waals surface area (Å²) in [6, 6.07) is 18.2. The first kappa shape index (κ1) is 47.2. The Balaban J connectivity index is 0.00000271. The highest BCUT2D eigenvalue weighted by molar-refractivity contribution is 5.97. The molecule has 0 unspecified atom stereocenters. The number of pyridine rings is 1. The van der Waals surface area contributed by atoms with Crippen LogP contribution in [0, 0.1) is 0 Å². The molecule has 0 radical (unpaired) electrons. The number of amides is 2. The number of halogens is 3. The highest BCUT2D eigenvalue weighted by Crippen LogP contribution is 2.35. The van der Waals surface area contributed by atoms with E-state index in [-0.39, 0.29) is 40.4 Å². The summed E-state index contributed by atoms with van der Waals surface area (Å²) in [4.78, 5) is 55.5. The molecule has 0 atom stereocenters. The largest absolute Gasteiger partial charge is 0.497 e. The van der Waals surface area contributed by atoms with Crippen molar-refractivity contribution in [1.82, 2.24) is 9.88 Å². The van der Waals surface area contributed by atoms with Crippen molar-refractivity contribution in [3.05, 3.63) is 113 Å². The van der Waals surface area contributed by atoms with Crippen LogP contribution < -0.4 is 19.5 Å². The van der Waals surface area contributed by atoms with Crippen LogP contribution in [0.25, 0.3) is 0 Å². The molecule has 0 spiro atoms. The van der Waals surface area contributed by atoms with Gasteiger partial charge in [0.2, 0.25) is 11.8 Å². The lowest BCUT2D eigenvalue weighted by atomic mass is 10.0. The number of anilines is 1. The number of esters is 1. The molecule has 1 heterocycles. The van der Waals surface area contributed by atoms with Gasteiger partial charge in [0, 0.05) is 30.1 Å². The van der Waals surface area contributed by atoms with Crippen molar-refractivity contribution in [2.24, 2.45) is 0 Å². The number of carboxylic acids is 1. The maximum atomic E-state index is 13.5. The fourth-order valence-electron chi connectivity index (χ4n) is 5.24. The summed E-state index contributed by atoms with van der Waals surface area (Å²) in [6.07, 6.45) is 1.63. The first-order chi connectivity index (χ1) is 27.4. The van der Waals surface area contributed by atoms with Gasteiger partial charge in [-0.25, -0.2) is 9.78 Å². The van der Waals surface area contributed by atoms with Crippen LogP contribution in [0.3, 0.4) is 0 Å². The van der Waals surface area contributed by atoms with Gasteiger partial charge in [-0.15, -0.1) is 0 Å². The van der Waals surface area contributed by atoms with E-state index >= 15 is 0 Å². The van der Waals surface area contributed by atoms with E-state index in [1.165, 1.54) is 74.7 Å². The molecule has 3 aromatic carbocycles. The second-order valence-corrected chi connectivity index (χ2v) is 12.1. The van der Waals surface area contributed by atoms with E-state index in [0.717, 1.165) is 30.2 Å². The molecule has 11 nitrogen and oxygen atoms in total. The fraction of sp³-hybridized carbons (Fsp3) is 0.372. The molecule has 1 aromatic heterocycles. The third-order valence-corrected chi connectivity index (χ3v) is 7.98. The minimum Gasteiger partial charge on any atom is -0.497 e. The van der Waals surface area contributed by atoms with Crippen molar-refractivity contribution in [2.45, 2.75) is 85.9 Å². The predicted molar refractivity (Wildman–Crippen MR) is 212 cm³/mol. The predicted octanol–water partition coefficient (Wildman–Crippen LogP) is 9.64. The Morgan fingerprint density at radius 2 is 1.44 bits per heavy atom. The van der Waals surface area contributed by atoms with Gasteiger partial charge < -0.3 is 29.5 Å². The molecule has 0 saturated heterocycles. The zero-order valence-corrected chi connectivity index (χ0v) is 33.3. The molecule has 57 heavy (non-hydrogen) atoms. The SMILES string of the molecule is CC.CC.CCCCCCCOc1ccc(C(=O)Oc2ccc(CN(CC(=O)O)C(=O)c3ccc(NC(=O)Cc4ccc(OC)cc4C(F)(F)F)cc3)cc2)cn1. The second-order valence-electron chi connectivity index (χ2n) is 12.1. The average molecular weight is 796 g/mol. The van der Waals surface area contributed by atoms with Gasteiger partial charge in [-0.05, 0) is 72.1 Å². The van der Waals surface area contributed by atoms with Crippen LogP contribution in [0.5, 0.6) is 17.4 Å². The zero-order valence-electron chi connectivity index (χ0n) is 33.3. The lowest BCUT2D eigenvalue weighted by Crippen LogP contribution is -2.35. The maximum absolute atomic E-state index is 13.5. The van der Waals surface area contributed by atoms with Gasteiger partial charge in [-0.1, -0.05) is 78.5 Å². The monoisotopic (exact) mass is 795 g/mol. The van der Waals surface area contributed by atoms with E-state index < -0.39 is 48.5 Å². The molecular weight excluding hydrogens is 743 g/mol. The molecule has 308 valence electrons. The number of methoxy groups -OCH3 is 1. The van der Waals surface area contributed by atoms with Gasteiger partial charge in [0.05, 0.1) is 31.3 Å². The maximum Gasteiger partial charge on any atom is 0.416 e. The molecule has 0 aliphatic carbocycles. The Hall–Kier alpha value is -5.92. The van der Waals surface area contributed by atoms with Crippen molar-refractivity contribution in [1.29, 1.82) is 0 Å². The van der Waals surface area contributed by atoms with Crippen LogP contribution in [0.1, 0.15) is 104 Å². The number of nitrogens with one attached hydrogen (secondary N) is 1. The highest BCUT2D eigenvalue weighted by atomic mass is 19.4. The van der Waals surface area contributed by atoms with E-state index in [9.17, 15) is 37.5 Å². The summed E-state index contributed by atoms with van der Waals surface area (Å²) in [5, 5.41) is 12.0. The van der Waals surface area contributed by atoms with Gasteiger partial charge in [-0.3, -0.25) is 14.4 Å². The van der Waals surface area contributed by atoms with Crippen LogP contribution >= 0.6 is 0 Å². The number of carbonyl (C=O) groups excluding carboxylic acids is 3. The number of aromatic nitrogens is 1. The summed E-state index contributed by atoms with van der Waals surface area (Å²) in [5.41, 5.74) is -0.124. The van der Waals surface area contributed by atoms with Gasteiger partial charge in [0.25, 0.3) is 5.91 Å². The summed E-state index contributed by atoms with van der Waals surface area (Å²) in [5.74, 6) is -2.58. The number of carbonyl (C=O) groups is 4. The topological polar surface area (TPSA) is 144 Å². The lowest BCUT2D eigenvalue weighted by Gasteiger charge is -2.21. The molecule has 0 bridgehead atoms. The van der Waals surface area contributed by atoms with Gasteiger partial charge in [-0.2, -0.15) is 13.2 Å². The van der Waals surface area contributed by atoms with Crippen LogP contribution in [0.2, 0.25) is 0 Å². The zero-order chi connectivity index (χ0) is 42.4. The average Bonchev–Trinajstić information content (AvgIpc) is 3.21. The van der Waals surface area contributed by atoms with Crippen molar-refractivity contribution >= 4 is 29.4 Å². The highest BCUT2D eigenvalue weighted by Gasteiger charge is 2.34. The van der Waals surface area contributed by atoms with Crippen LogP contribution in [0.4, 0.5) is 18.9 Å². The van der Waals surface area contributed by atoms with Crippen molar-refractivity contribution < 1.29 is 51.7 Å². The van der Waals surface area contributed by atoms with Crippen LogP contribution in [-0.2, 0) is 28.7 Å². The molecule has 0 aliphatic rings. The normalized spacial score (nSPS) is 10.5. The minimum atomic E-state index is -4.70. The Morgan fingerprint density at radius 1 is 0.807 bits per heavy atom. The van der Waals surface area contributed by atoms with Crippen molar-refractivity contribution in [3.63, 3.8) is 0 Å². The van der Waals surface area contributed by atoms with E-state index in [4.69, 9.17) is 14.2 Å². The van der Waals surface area contributed by atoms with Gasteiger partial charge in [0.15, 0.2) is 0 Å². The summed E-state index contributed by atoms with van der Waals surface area (Å²) >= 11 is 0. The van der Waals surface area contributed by atoms with E-state index in [2.05, 4.69) is 17.2 Å². The molecule has 2 N–H and O–H groups in total. The van der Waals surface area contributed by atoms with E-state index in [1.54, 1.807) is 24.3 Å². The molecule has 0 saturated carbocycles. The quantitative estimate of drug-likeness (QED) is 0.0572. The number of benzene rings is 3. The number of hydrogen-bond acceptors (Lipinski definition) is 8. The first-order valence-electron chi connectivity index (χ1n) is 18.9. The van der Waals surface area contributed by atoms with Crippen molar-refractivity contribution in [2.75, 3.05) is 25.6 Å². The number of rotatable bonds is 18. The van der Waals surface area contributed by atoms with E-state index in [0.29, 0.717) is 18.1 Å². The third-order valence-electron chi connectivity index (χ3n) is 7.98. The van der Waals surface area contributed by atoms with E-state index in [1.807, 2.05) is 27.7 Å². The first-order valence-corrected chi connectivity index (χ1v) is 18.9. The summed E-state index contributed by atoms with van der Waals surface area (Å²) in [7, 11) is 1.24. The smallest absolute Gasteiger partial charge is 0.416 e. The number of hydrogen-bond donors (Lipinski definition) is 2. The van der Waals surface area contributed by atoms with Crippen LogP contribution in [-0.4, -0.2) is 59.0 Å². The molecule has 0 fully saturated rings. The van der Waals surface area contributed by atoms with Gasteiger partial charge >= 0.3 is 18.1 Å². The number of unbranched alkanes of at least 4 members (excludes halogenated alkanes) is 4. The standard InChI is InChI=1S/C39H40F3N3O8.2C2H6/c1-3-4-5-6-7-20-52-35-19-13-29(23-43-35)38(50)53-31-16-8-26(9-17-31)24-45(25-36(47)48)37(49)27-10-14-30(15-11-27)44-34(46)21-28-12-18-32(51-2)22-33(28)39(40,41)42;2*1-2/h8-19,22-23H,3-7,20-21,24-25H2,1-2H3,(H,44,46)(H,47,48);2*1-2H3. The van der Waals surface area contributed by atoms with Crippen molar-refractivity contribution in [3.8, 4) is 17.4 Å². The number of alkyl halides is 3. The number of nitrogens with zero attached hydrogens (tertiary/aromatic N) is 2. The molecule has 4 rings (SSSR count). The number of ether oxygens (including phenoxy) is 3. The molecule has 4 aromatic rings. The Kier molecular flexibility index (Phi) is 20.4. The Morgan fingerprint density at radius 3 is 2.02 bits per heavy atom. The molecular formula is C43H52F3N3O8. The fourth-order valence-corrected chi connectivity index (χ4v) is 5.24. The summed E-state index contributed by atoms with van der Waals surface area (Å²) in [6.45, 7) is 9.98. The Labute approximate surface area is 332 Å². The third kappa shape index (κ3) is 16.0. The van der Waals surface area contributed by atoms with Gasteiger partial charge in [0.1, 0.15) is 18.0 Å². The molecule has 0 aliphatic heterocycles. The minimum absolute atomic E-state index is 0.00134. The summed E-state index contributed by atoms with van der Waals surface area (Å²) < 4.78 is 56.6. The molecule has 14 heteroatoms. The molecule has 2 amide bonds. The Bertz CT molecular complexity index is 1850. The second kappa shape index (κ2) is 24.6. The number of aliphatic carboxylic acids is 1.